The summed E-state index contributed by atoms with van der Waals surface area (Å²) in [7, 11) is 0. The van der Waals surface area contributed by atoms with Crippen LogP contribution >= 0.6 is 11.6 Å². The van der Waals surface area contributed by atoms with Gasteiger partial charge in [0.15, 0.2) is 0 Å². The first-order valence-corrected chi connectivity index (χ1v) is 5.10. The highest BCUT2D eigenvalue weighted by Crippen LogP contribution is 2.15. The molecular formula is C10H8ClNO4. The second-order valence-corrected chi connectivity index (χ2v) is 3.42. The summed E-state index contributed by atoms with van der Waals surface area (Å²) in [6.45, 7) is 0.349. The van der Waals surface area contributed by atoms with Crippen LogP contribution in [0.3, 0.4) is 0 Å². The number of nitrogens with one attached hydrogen (secondary N) is 1. The maximum absolute atomic E-state index is 11.4. The summed E-state index contributed by atoms with van der Waals surface area (Å²) >= 11 is 5.47. The second-order valence-electron chi connectivity index (χ2n) is 3.05. The van der Waals surface area contributed by atoms with E-state index in [2.05, 4.69) is 9.40 Å². The molecule has 6 heteroatoms. The maximum Gasteiger partial charge on any atom is 0.419 e. The first-order valence-electron chi connectivity index (χ1n) is 4.56. The summed E-state index contributed by atoms with van der Waals surface area (Å²) in [5.74, 6) is 0.0950. The number of fused-ring (bicyclic) bond motifs is 1. The average Bonchev–Trinajstić information content (AvgIpc) is 2.26. The van der Waals surface area contributed by atoms with Crippen LogP contribution in [0.1, 0.15) is 0 Å². The molecule has 1 aromatic heterocycles. The van der Waals surface area contributed by atoms with Gasteiger partial charge >= 0.3 is 11.4 Å². The number of H-pyrrole nitrogens is 1. The number of hydrogen-bond acceptors (Lipinski definition) is 4. The van der Waals surface area contributed by atoms with Crippen molar-refractivity contribution in [2.75, 3.05) is 12.5 Å². The average molecular weight is 242 g/mol. The van der Waals surface area contributed by atoms with E-state index in [1.165, 1.54) is 6.07 Å². The lowest BCUT2D eigenvalue weighted by atomic mass is 10.2. The Labute approximate surface area is 94.6 Å². The zero-order valence-corrected chi connectivity index (χ0v) is 8.91. The van der Waals surface area contributed by atoms with E-state index >= 15 is 0 Å². The minimum absolute atomic E-state index is 0.270. The molecule has 0 spiro atoms. The van der Waals surface area contributed by atoms with Gasteiger partial charge in [-0.1, -0.05) is 0 Å². The Hall–Kier alpha value is -1.75. The molecule has 0 aliphatic rings. The van der Waals surface area contributed by atoms with Crippen molar-refractivity contribution in [3.8, 4) is 5.75 Å². The van der Waals surface area contributed by atoms with Gasteiger partial charge in [0.05, 0.1) is 16.8 Å². The number of aromatic nitrogens is 1. The molecule has 0 atom stereocenters. The van der Waals surface area contributed by atoms with Crippen LogP contribution < -0.4 is 16.1 Å². The molecule has 1 aromatic carbocycles. The van der Waals surface area contributed by atoms with E-state index in [0.29, 0.717) is 23.8 Å². The number of benzene rings is 1. The van der Waals surface area contributed by atoms with Crippen molar-refractivity contribution in [2.45, 2.75) is 0 Å². The molecule has 0 unspecified atom stereocenters. The van der Waals surface area contributed by atoms with E-state index in [1.807, 2.05) is 0 Å². The van der Waals surface area contributed by atoms with Gasteiger partial charge in [-0.3, -0.25) is 4.98 Å². The van der Waals surface area contributed by atoms with Crippen LogP contribution in [-0.4, -0.2) is 17.5 Å². The van der Waals surface area contributed by atoms with Gasteiger partial charge in [-0.15, -0.1) is 11.6 Å². The highest BCUT2D eigenvalue weighted by molar-refractivity contribution is 6.18. The van der Waals surface area contributed by atoms with E-state index in [1.54, 1.807) is 12.1 Å². The summed E-state index contributed by atoms with van der Waals surface area (Å²) < 4.78 is 9.65. The van der Waals surface area contributed by atoms with Crippen LogP contribution in [0.15, 0.2) is 32.2 Å². The topological polar surface area (TPSA) is 72.3 Å². The molecular weight excluding hydrogens is 234 g/mol. The number of halogens is 1. The minimum Gasteiger partial charge on any atom is -0.492 e. The fourth-order valence-corrected chi connectivity index (χ4v) is 1.40. The monoisotopic (exact) mass is 241 g/mol. The standard InChI is InChI=1S/C10H8ClNO4/c11-3-4-15-6-1-2-8-7(5-6)9(13)16-10(14)12-8/h1-2,5H,3-4H2,(H,12,14). The van der Waals surface area contributed by atoms with Gasteiger partial charge in [-0.2, -0.15) is 0 Å². The van der Waals surface area contributed by atoms with E-state index in [0.717, 1.165) is 0 Å². The summed E-state index contributed by atoms with van der Waals surface area (Å²) in [5, 5.41) is 0.270. The molecule has 0 saturated carbocycles. The van der Waals surface area contributed by atoms with Crippen molar-refractivity contribution in [3.63, 3.8) is 0 Å². The van der Waals surface area contributed by atoms with Gasteiger partial charge in [-0.25, -0.2) is 9.59 Å². The highest BCUT2D eigenvalue weighted by atomic mass is 35.5. The van der Waals surface area contributed by atoms with Gasteiger partial charge < -0.3 is 9.15 Å². The Kier molecular flexibility index (Phi) is 2.96. The number of hydrogen-bond donors (Lipinski definition) is 1. The quantitative estimate of drug-likeness (QED) is 0.817. The predicted molar refractivity (Wildman–Crippen MR) is 59.3 cm³/mol. The van der Waals surface area contributed by atoms with E-state index in [4.69, 9.17) is 16.3 Å². The summed E-state index contributed by atoms with van der Waals surface area (Å²) in [6, 6.07) is 4.73. The Morgan fingerprint density at radius 2 is 2.19 bits per heavy atom. The second kappa shape index (κ2) is 4.40. The lowest BCUT2D eigenvalue weighted by Crippen LogP contribution is -2.14. The molecule has 84 valence electrons. The highest BCUT2D eigenvalue weighted by Gasteiger charge is 2.04. The lowest BCUT2D eigenvalue weighted by molar-refractivity contribution is 0.343. The third-order valence-corrected chi connectivity index (χ3v) is 2.13. The van der Waals surface area contributed by atoms with Gasteiger partial charge in [0.1, 0.15) is 12.4 Å². The molecule has 0 amide bonds. The first-order chi connectivity index (χ1) is 7.70. The van der Waals surface area contributed by atoms with Crippen LogP contribution in [0.2, 0.25) is 0 Å². The molecule has 0 saturated heterocycles. The normalized spacial score (nSPS) is 10.6. The SMILES string of the molecule is O=c1[nH]c2ccc(OCCCl)cc2c(=O)o1. The molecule has 0 fully saturated rings. The van der Waals surface area contributed by atoms with Gasteiger partial charge in [0.2, 0.25) is 0 Å². The van der Waals surface area contributed by atoms with Gasteiger partial charge in [0.25, 0.3) is 0 Å². The molecule has 0 aliphatic carbocycles. The van der Waals surface area contributed by atoms with Crippen molar-refractivity contribution in [2.24, 2.45) is 0 Å². The maximum atomic E-state index is 11.4. The fourth-order valence-electron chi connectivity index (χ4n) is 1.32. The van der Waals surface area contributed by atoms with Crippen molar-refractivity contribution in [3.05, 3.63) is 39.2 Å². The Balaban J connectivity index is 2.53. The van der Waals surface area contributed by atoms with Crippen molar-refractivity contribution < 1.29 is 9.15 Å². The van der Waals surface area contributed by atoms with Crippen molar-refractivity contribution in [1.82, 2.24) is 4.98 Å². The largest absolute Gasteiger partial charge is 0.492 e. The third kappa shape index (κ3) is 2.09. The molecule has 5 nitrogen and oxygen atoms in total. The number of rotatable bonds is 3. The Bertz CT molecular complexity index is 616. The van der Waals surface area contributed by atoms with Crippen LogP contribution in [0.25, 0.3) is 10.9 Å². The molecule has 0 aliphatic heterocycles. The predicted octanol–water partition coefficient (Wildman–Crippen LogP) is 1.10. The molecule has 2 rings (SSSR count). The van der Waals surface area contributed by atoms with E-state index < -0.39 is 11.4 Å². The molecule has 1 heterocycles. The van der Waals surface area contributed by atoms with Crippen LogP contribution in [-0.2, 0) is 0 Å². The van der Waals surface area contributed by atoms with Crippen LogP contribution in [0.4, 0.5) is 0 Å². The fraction of sp³-hybridized carbons (Fsp3) is 0.200. The third-order valence-electron chi connectivity index (χ3n) is 1.98. The molecule has 0 radical (unpaired) electrons. The summed E-state index contributed by atoms with van der Waals surface area (Å²) in [5.41, 5.74) is -0.269. The Morgan fingerprint density at radius 3 is 2.94 bits per heavy atom. The molecule has 2 aromatic rings. The van der Waals surface area contributed by atoms with Crippen LogP contribution in [0, 0.1) is 0 Å². The number of ether oxygens (including phenoxy) is 1. The smallest absolute Gasteiger partial charge is 0.419 e. The first kappa shape index (κ1) is 10.8. The van der Waals surface area contributed by atoms with Gasteiger partial charge in [-0.05, 0) is 18.2 Å². The van der Waals surface area contributed by atoms with Crippen molar-refractivity contribution >= 4 is 22.5 Å². The number of aromatic amines is 1. The summed E-state index contributed by atoms with van der Waals surface area (Å²) in [6.07, 6.45) is 0. The minimum atomic E-state index is -0.771. The van der Waals surface area contributed by atoms with Gasteiger partial charge in [0, 0.05) is 0 Å². The van der Waals surface area contributed by atoms with E-state index in [9.17, 15) is 9.59 Å². The summed E-state index contributed by atoms with van der Waals surface area (Å²) in [4.78, 5) is 24.7. The van der Waals surface area contributed by atoms with E-state index in [-0.39, 0.29) is 5.39 Å². The molecule has 16 heavy (non-hydrogen) atoms. The molecule has 0 bridgehead atoms. The lowest BCUT2D eigenvalue weighted by Gasteiger charge is -2.03. The molecule has 1 N–H and O–H groups in total. The van der Waals surface area contributed by atoms with Crippen LogP contribution in [0.5, 0.6) is 5.75 Å². The Morgan fingerprint density at radius 1 is 1.38 bits per heavy atom. The zero-order chi connectivity index (χ0) is 11.5. The number of alkyl halides is 1. The zero-order valence-electron chi connectivity index (χ0n) is 8.16. The van der Waals surface area contributed by atoms with Crippen molar-refractivity contribution in [1.29, 1.82) is 0 Å².